The monoisotopic (exact) mass is 320 g/mol. The first-order chi connectivity index (χ1) is 6.69. The Bertz CT molecular complexity index is 302. The number of rotatable bonds is 4. The van der Waals surface area contributed by atoms with Gasteiger partial charge in [-0.2, -0.15) is 0 Å². The number of anilines is 1. The first-order valence-electron chi connectivity index (χ1n) is 4.62. The average molecular weight is 322 g/mol. The fourth-order valence-corrected chi connectivity index (χ4v) is 2.25. The quantitative estimate of drug-likeness (QED) is 0.790. The molecule has 14 heavy (non-hydrogen) atoms. The molecule has 1 heterocycles. The van der Waals surface area contributed by atoms with Gasteiger partial charge in [0.2, 0.25) is 0 Å². The lowest BCUT2D eigenvalue weighted by Crippen LogP contribution is -2.26. The molecule has 78 valence electrons. The molecular weight excluding hydrogens is 308 g/mol. The molecule has 0 aliphatic heterocycles. The summed E-state index contributed by atoms with van der Waals surface area (Å²) in [6.07, 6.45) is 1.85. The largest absolute Gasteiger partial charge is 0.356 e. The molecular formula is C10H14Br2N2. The summed E-state index contributed by atoms with van der Waals surface area (Å²) in [6.45, 7) is 6.21. The third kappa shape index (κ3) is 2.95. The summed E-state index contributed by atoms with van der Waals surface area (Å²) in [6, 6.07) is 2.10. The SMILES string of the molecule is CCN(CCBr)c1ncc(Br)cc1C. The Morgan fingerprint density at radius 2 is 2.21 bits per heavy atom. The van der Waals surface area contributed by atoms with Gasteiger partial charge in [0.05, 0.1) is 0 Å². The highest BCUT2D eigenvalue weighted by Gasteiger charge is 2.07. The molecule has 2 nitrogen and oxygen atoms in total. The van der Waals surface area contributed by atoms with E-state index in [0.717, 1.165) is 28.7 Å². The Balaban J connectivity index is 2.92. The number of halogens is 2. The van der Waals surface area contributed by atoms with E-state index in [1.807, 2.05) is 6.20 Å². The van der Waals surface area contributed by atoms with Gasteiger partial charge in [-0.25, -0.2) is 4.98 Å². The topological polar surface area (TPSA) is 16.1 Å². The Morgan fingerprint density at radius 1 is 1.50 bits per heavy atom. The van der Waals surface area contributed by atoms with Gasteiger partial charge in [0.25, 0.3) is 0 Å². The second kappa shape index (κ2) is 5.71. The third-order valence-corrected chi connectivity index (χ3v) is 2.84. The maximum atomic E-state index is 4.43. The molecule has 0 saturated carbocycles. The molecule has 0 aliphatic carbocycles. The Hall–Kier alpha value is -0.0900. The zero-order valence-corrected chi connectivity index (χ0v) is 11.6. The maximum Gasteiger partial charge on any atom is 0.131 e. The molecule has 0 bridgehead atoms. The second-order valence-corrected chi connectivity index (χ2v) is 4.77. The summed E-state index contributed by atoms with van der Waals surface area (Å²) in [5.74, 6) is 1.08. The highest BCUT2D eigenvalue weighted by Crippen LogP contribution is 2.20. The minimum Gasteiger partial charge on any atom is -0.356 e. The second-order valence-electron chi connectivity index (χ2n) is 3.06. The average Bonchev–Trinajstić information content (AvgIpc) is 2.15. The van der Waals surface area contributed by atoms with Crippen LogP contribution in [-0.4, -0.2) is 23.4 Å². The van der Waals surface area contributed by atoms with E-state index in [1.54, 1.807) is 0 Å². The number of aryl methyl sites for hydroxylation is 1. The molecule has 1 aromatic heterocycles. The summed E-state index contributed by atoms with van der Waals surface area (Å²) >= 11 is 6.86. The summed E-state index contributed by atoms with van der Waals surface area (Å²) in [5, 5.41) is 0.970. The normalized spacial score (nSPS) is 10.3. The van der Waals surface area contributed by atoms with Gasteiger partial charge in [0.1, 0.15) is 5.82 Å². The molecule has 0 aliphatic rings. The van der Waals surface area contributed by atoms with Gasteiger partial charge in [0, 0.05) is 29.1 Å². The highest BCUT2D eigenvalue weighted by atomic mass is 79.9. The number of aromatic nitrogens is 1. The molecule has 1 rings (SSSR count). The van der Waals surface area contributed by atoms with E-state index >= 15 is 0 Å². The van der Waals surface area contributed by atoms with Crippen LogP contribution in [0.25, 0.3) is 0 Å². The number of alkyl halides is 1. The van der Waals surface area contributed by atoms with Crippen molar-refractivity contribution in [2.75, 3.05) is 23.3 Å². The van der Waals surface area contributed by atoms with Crippen LogP contribution in [0.5, 0.6) is 0 Å². The smallest absolute Gasteiger partial charge is 0.131 e. The van der Waals surface area contributed by atoms with Gasteiger partial charge in [-0.3, -0.25) is 0 Å². The number of hydrogen-bond donors (Lipinski definition) is 0. The van der Waals surface area contributed by atoms with Crippen molar-refractivity contribution in [2.24, 2.45) is 0 Å². The van der Waals surface area contributed by atoms with E-state index in [4.69, 9.17) is 0 Å². The van der Waals surface area contributed by atoms with Gasteiger partial charge >= 0.3 is 0 Å². The van der Waals surface area contributed by atoms with Crippen molar-refractivity contribution >= 4 is 37.7 Å². The summed E-state index contributed by atoms with van der Waals surface area (Å²) < 4.78 is 1.04. The number of nitrogens with zero attached hydrogens (tertiary/aromatic N) is 2. The zero-order valence-electron chi connectivity index (χ0n) is 8.43. The van der Waals surface area contributed by atoms with Crippen molar-refractivity contribution in [1.29, 1.82) is 0 Å². The van der Waals surface area contributed by atoms with Crippen LogP contribution in [0, 0.1) is 6.92 Å². The standard InChI is InChI=1S/C10H14Br2N2/c1-3-14(5-4-11)10-8(2)6-9(12)7-13-10/h6-7H,3-5H2,1-2H3. The lowest BCUT2D eigenvalue weighted by molar-refractivity contribution is 0.848. The van der Waals surface area contributed by atoms with E-state index in [0.29, 0.717) is 0 Å². The lowest BCUT2D eigenvalue weighted by Gasteiger charge is -2.22. The third-order valence-electron chi connectivity index (χ3n) is 2.05. The van der Waals surface area contributed by atoms with Crippen LogP contribution in [-0.2, 0) is 0 Å². The van der Waals surface area contributed by atoms with E-state index in [-0.39, 0.29) is 0 Å². The van der Waals surface area contributed by atoms with E-state index in [2.05, 4.69) is 61.7 Å². The van der Waals surface area contributed by atoms with Crippen LogP contribution < -0.4 is 4.90 Å². The zero-order chi connectivity index (χ0) is 10.6. The molecule has 4 heteroatoms. The van der Waals surface area contributed by atoms with Crippen molar-refractivity contribution in [1.82, 2.24) is 4.98 Å². The van der Waals surface area contributed by atoms with Crippen LogP contribution in [0.1, 0.15) is 12.5 Å². The van der Waals surface area contributed by atoms with Gasteiger partial charge in [-0.05, 0) is 41.4 Å². The molecule has 0 saturated heterocycles. The fourth-order valence-electron chi connectivity index (χ4n) is 1.38. The highest BCUT2D eigenvalue weighted by molar-refractivity contribution is 9.10. The molecule has 0 spiro atoms. The molecule has 0 N–H and O–H groups in total. The van der Waals surface area contributed by atoms with Crippen LogP contribution in [0.3, 0.4) is 0 Å². The first-order valence-corrected chi connectivity index (χ1v) is 6.53. The summed E-state index contributed by atoms with van der Waals surface area (Å²) in [5.41, 5.74) is 1.21. The predicted octanol–water partition coefficient (Wildman–Crippen LogP) is 3.37. The molecule has 0 fully saturated rings. The Labute approximate surface area is 102 Å². The number of pyridine rings is 1. The van der Waals surface area contributed by atoms with Crippen LogP contribution in [0.4, 0.5) is 5.82 Å². The first kappa shape index (κ1) is 12.0. The summed E-state index contributed by atoms with van der Waals surface area (Å²) in [4.78, 5) is 6.69. The Kier molecular flexibility index (Phi) is 4.89. The lowest BCUT2D eigenvalue weighted by atomic mass is 10.2. The predicted molar refractivity (Wildman–Crippen MR) is 68.4 cm³/mol. The minimum absolute atomic E-state index is 0.970. The molecule has 0 amide bonds. The van der Waals surface area contributed by atoms with Crippen molar-refractivity contribution in [3.8, 4) is 0 Å². The molecule has 0 radical (unpaired) electrons. The van der Waals surface area contributed by atoms with Gasteiger partial charge in [0.15, 0.2) is 0 Å². The molecule has 0 unspecified atom stereocenters. The Morgan fingerprint density at radius 3 is 2.71 bits per heavy atom. The minimum atomic E-state index is 0.970. The van der Waals surface area contributed by atoms with E-state index < -0.39 is 0 Å². The van der Waals surface area contributed by atoms with Crippen LogP contribution in [0.15, 0.2) is 16.7 Å². The summed E-state index contributed by atoms with van der Waals surface area (Å²) in [7, 11) is 0. The van der Waals surface area contributed by atoms with Crippen molar-refractivity contribution in [2.45, 2.75) is 13.8 Å². The fraction of sp³-hybridized carbons (Fsp3) is 0.500. The van der Waals surface area contributed by atoms with Gasteiger partial charge < -0.3 is 4.90 Å². The van der Waals surface area contributed by atoms with E-state index in [1.165, 1.54) is 5.56 Å². The van der Waals surface area contributed by atoms with Crippen molar-refractivity contribution < 1.29 is 0 Å². The van der Waals surface area contributed by atoms with Gasteiger partial charge in [-0.15, -0.1) is 0 Å². The maximum absolute atomic E-state index is 4.43. The van der Waals surface area contributed by atoms with E-state index in [9.17, 15) is 0 Å². The molecule has 0 atom stereocenters. The van der Waals surface area contributed by atoms with Crippen LogP contribution in [0.2, 0.25) is 0 Å². The van der Waals surface area contributed by atoms with Crippen molar-refractivity contribution in [3.05, 3.63) is 22.3 Å². The molecule has 1 aromatic rings. The van der Waals surface area contributed by atoms with Crippen LogP contribution >= 0.6 is 31.9 Å². The van der Waals surface area contributed by atoms with Gasteiger partial charge in [-0.1, -0.05) is 15.9 Å². The van der Waals surface area contributed by atoms with Crippen molar-refractivity contribution in [3.63, 3.8) is 0 Å². The molecule has 0 aromatic carbocycles. The number of hydrogen-bond acceptors (Lipinski definition) is 2.